The molecule has 1 unspecified atom stereocenters. The van der Waals surface area contributed by atoms with Crippen LogP contribution in [0.4, 0.5) is 0 Å². The molecule has 0 aliphatic rings. The Hall–Kier alpha value is -2.01. The van der Waals surface area contributed by atoms with Crippen molar-refractivity contribution in [3.63, 3.8) is 0 Å². The third kappa shape index (κ3) is 3.42. The summed E-state index contributed by atoms with van der Waals surface area (Å²) < 4.78 is 0. The molecular weight excluding hydrogens is 304 g/mol. The van der Waals surface area contributed by atoms with E-state index in [0.29, 0.717) is 10.7 Å². The maximum atomic E-state index is 12.4. The molecule has 1 amide bonds. The molecule has 0 saturated heterocycles. The lowest BCUT2D eigenvalue weighted by Crippen LogP contribution is -2.51. The first-order valence-electron chi connectivity index (χ1n) is 7.04. The Labute approximate surface area is 133 Å². The highest BCUT2D eigenvalue weighted by Gasteiger charge is 2.33. The molecule has 5 nitrogen and oxygen atoms in total. The minimum absolute atomic E-state index is 0.0219. The average Bonchev–Trinajstić information content (AvgIpc) is 2.80. The van der Waals surface area contributed by atoms with Crippen LogP contribution in [0.1, 0.15) is 37.7 Å². The van der Waals surface area contributed by atoms with E-state index in [0.717, 1.165) is 10.9 Å². The molecule has 22 heavy (non-hydrogen) atoms. The molecule has 0 aliphatic heterocycles. The molecule has 0 radical (unpaired) electrons. The van der Waals surface area contributed by atoms with Gasteiger partial charge < -0.3 is 15.4 Å². The Morgan fingerprint density at radius 3 is 2.64 bits per heavy atom. The lowest BCUT2D eigenvalue weighted by molar-refractivity contribution is -0.138. The fourth-order valence-corrected chi connectivity index (χ4v) is 2.43. The van der Waals surface area contributed by atoms with Crippen LogP contribution in [0.25, 0.3) is 10.9 Å². The van der Waals surface area contributed by atoms with Crippen LogP contribution in [-0.4, -0.2) is 27.5 Å². The van der Waals surface area contributed by atoms with Crippen molar-refractivity contribution in [3.8, 4) is 0 Å². The number of aromatic amines is 1. The highest BCUT2D eigenvalue weighted by Crippen LogP contribution is 2.23. The maximum Gasteiger partial charge on any atom is 0.305 e. The number of benzene rings is 1. The molecule has 0 aliphatic carbocycles. The van der Waals surface area contributed by atoms with E-state index >= 15 is 0 Å². The Balaban J connectivity index is 2.27. The highest BCUT2D eigenvalue weighted by molar-refractivity contribution is 6.31. The fraction of sp³-hybridized carbons (Fsp3) is 0.375. The zero-order chi connectivity index (χ0) is 16.5. The van der Waals surface area contributed by atoms with E-state index in [2.05, 4.69) is 10.3 Å². The van der Waals surface area contributed by atoms with Crippen LogP contribution in [0, 0.1) is 5.92 Å². The van der Waals surface area contributed by atoms with Gasteiger partial charge in [-0.3, -0.25) is 9.59 Å². The number of fused-ring (bicyclic) bond motifs is 1. The maximum absolute atomic E-state index is 12.4. The van der Waals surface area contributed by atoms with Gasteiger partial charge in [-0.2, -0.15) is 0 Å². The molecule has 1 heterocycles. The lowest BCUT2D eigenvalue weighted by atomic mass is 9.85. The normalized spacial score (nSPS) is 14.0. The second kappa shape index (κ2) is 6.01. The van der Waals surface area contributed by atoms with Crippen molar-refractivity contribution in [3.05, 3.63) is 35.0 Å². The number of aromatic nitrogens is 1. The number of hydrogen-bond acceptors (Lipinski definition) is 2. The topological polar surface area (TPSA) is 82.2 Å². The van der Waals surface area contributed by atoms with Gasteiger partial charge in [0.25, 0.3) is 5.91 Å². The average molecular weight is 323 g/mol. The monoisotopic (exact) mass is 322 g/mol. The first-order valence-corrected chi connectivity index (χ1v) is 7.41. The van der Waals surface area contributed by atoms with Gasteiger partial charge in [0.05, 0.1) is 12.0 Å². The second-order valence-corrected chi connectivity index (χ2v) is 6.45. The van der Waals surface area contributed by atoms with Gasteiger partial charge in [0.1, 0.15) is 5.69 Å². The van der Waals surface area contributed by atoms with Crippen LogP contribution < -0.4 is 5.32 Å². The van der Waals surface area contributed by atoms with E-state index in [9.17, 15) is 9.59 Å². The summed E-state index contributed by atoms with van der Waals surface area (Å²) in [5.74, 6) is -1.30. The summed E-state index contributed by atoms with van der Waals surface area (Å²) in [5, 5.41) is 13.3. The first-order chi connectivity index (χ1) is 10.2. The molecule has 0 saturated carbocycles. The molecular formula is C16H19ClN2O3. The third-order valence-corrected chi connectivity index (χ3v) is 4.26. The Kier molecular flexibility index (Phi) is 4.47. The minimum Gasteiger partial charge on any atom is -0.481 e. The summed E-state index contributed by atoms with van der Waals surface area (Å²) in [4.78, 5) is 26.5. The van der Waals surface area contributed by atoms with Gasteiger partial charge in [-0.05, 0) is 31.0 Å². The molecule has 0 spiro atoms. The zero-order valence-corrected chi connectivity index (χ0v) is 13.5. The lowest BCUT2D eigenvalue weighted by Gasteiger charge is -2.33. The number of amides is 1. The number of aliphatic carboxylic acids is 1. The van der Waals surface area contributed by atoms with Crippen molar-refractivity contribution >= 4 is 34.4 Å². The molecule has 6 heteroatoms. The van der Waals surface area contributed by atoms with E-state index in [1.165, 1.54) is 0 Å². The molecule has 1 aromatic heterocycles. The van der Waals surface area contributed by atoms with Crippen LogP contribution in [0.3, 0.4) is 0 Å². The fourth-order valence-electron chi connectivity index (χ4n) is 2.26. The number of hydrogen-bond donors (Lipinski definition) is 3. The molecule has 1 atom stereocenters. The third-order valence-electron chi connectivity index (χ3n) is 4.02. The molecule has 3 N–H and O–H groups in total. The van der Waals surface area contributed by atoms with E-state index in [-0.39, 0.29) is 18.2 Å². The van der Waals surface area contributed by atoms with Crippen molar-refractivity contribution in [2.75, 3.05) is 0 Å². The molecule has 0 bridgehead atoms. The van der Waals surface area contributed by atoms with E-state index in [1.54, 1.807) is 25.1 Å². The number of carboxylic acid groups (broad SMARTS) is 1. The van der Waals surface area contributed by atoms with Gasteiger partial charge in [-0.25, -0.2) is 0 Å². The quantitative estimate of drug-likeness (QED) is 0.788. The summed E-state index contributed by atoms with van der Waals surface area (Å²) in [6, 6.07) is 7.04. The minimum atomic E-state index is -0.945. The van der Waals surface area contributed by atoms with Crippen LogP contribution in [0.2, 0.25) is 5.02 Å². The first kappa shape index (κ1) is 16.4. The standard InChI is InChI=1S/C16H19ClN2O3/c1-9(2)16(3,8-14(20)21)19-15(22)13-6-10-4-5-11(17)7-12(10)18-13/h4-7,9,18H,8H2,1-3H3,(H,19,22)(H,20,21). The van der Waals surface area contributed by atoms with Crippen LogP contribution in [-0.2, 0) is 4.79 Å². The van der Waals surface area contributed by atoms with Crippen molar-refractivity contribution in [2.45, 2.75) is 32.7 Å². The van der Waals surface area contributed by atoms with Gasteiger partial charge >= 0.3 is 5.97 Å². The summed E-state index contributed by atoms with van der Waals surface area (Å²) >= 11 is 5.93. The number of halogens is 1. The van der Waals surface area contributed by atoms with Crippen molar-refractivity contribution in [1.82, 2.24) is 10.3 Å². The summed E-state index contributed by atoms with van der Waals surface area (Å²) in [5.41, 5.74) is 0.328. The van der Waals surface area contributed by atoms with E-state index < -0.39 is 11.5 Å². The van der Waals surface area contributed by atoms with Gasteiger partial charge in [0.15, 0.2) is 0 Å². The SMILES string of the molecule is CC(C)C(C)(CC(=O)O)NC(=O)c1cc2ccc(Cl)cc2[nH]1. The number of carbonyl (C=O) groups is 2. The van der Waals surface area contributed by atoms with Crippen LogP contribution >= 0.6 is 11.6 Å². The number of nitrogens with one attached hydrogen (secondary N) is 2. The summed E-state index contributed by atoms with van der Waals surface area (Å²) in [6.45, 7) is 5.51. The van der Waals surface area contributed by atoms with E-state index in [1.807, 2.05) is 19.9 Å². The number of carboxylic acids is 1. The van der Waals surface area contributed by atoms with Crippen LogP contribution in [0.15, 0.2) is 24.3 Å². The van der Waals surface area contributed by atoms with Gasteiger partial charge in [-0.1, -0.05) is 31.5 Å². The zero-order valence-electron chi connectivity index (χ0n) is 12.7. The van der Waals surface area contributed by atoms with Gasteiger partial charge in [-0.15, -0.1) is 0 Å². The smallest absolute Gasteiger partial charge is 0.305 e. The predicted octanol–water partition coefficient (Wildman–Crippen LogP) is 3.44. The number of H-pyrrole nitrogens is 1. The molecule has 1 aromatic carbocycles. The van der Waals surface area contributed by atoms with Crippen molar-refractivity contribution in [2.24, 2.45) is 5.92 Å². The number of rotatable bonds is 5. The molecule has 0 fully saturated rings. The van der Waals surface area contributed by atoms with Crippen molar-refractivity contribution < 1.29 is 14.7 Å². The largest absolute Gasteiger partial charge is 0.481 e. The predicted molar refractivity (Wildman–Crippen MR) is 86.3 cm³/mol. The van der Waals surface area contributed by atoms with Crippen LogP contribution in [0.5, 0.6) is 0 Å². The number of carbonyl (C=O) groups excluding carboxylic acids is 1. The van der Waals surface area contributed by atoms with Gasteiger partial charge in [0, 0.05) is 15.9 Å². The highest BCUT2D eigenvalue weighted by atomic mass is 35.5. The summed E-state index contributed by atoms with van der Waals surface area (Å²) in [6.07, 6.45) is -0.136. The molecule has 118 valence electrons. The Morgan fingerprint density at radius 2 is 2.05 bits per heavy atom. The molecule has 2 rings (SSSR count). The van der Waals surface area contributed by atoms with Crippen molar-refractivity contribution in [1.29, 1.82) is 0 Å². The van der Waals surface area contributed by atoms with E-state index in [4.69, 9.17) is 16.7 Å². The van der Waals surface area contributed by atoms with Gasteiger partial charge in [0.2, 0.25) is 0 Å². The summed E-state index contributed by atoms with van der Waals surface area (Å²) in [7, 11) is 0. The Morgan fingerprint density at radius 1 is 1.36 bits per heavy atom. The Bertz CT molecular complexity index is 723. The second-order valence-electron chi connectivity index (χ2n) is 6.01. The molecule has 2 aromatic rings.